The molecule has 3 heterocycles. The van der Waals surface area contributed by atoms with Gasteiger partial charge in [-0.25, -0.2) is 4.98 Å². The Labute approximate surface area is 125 Å². The average Bonchev–Trinajstić information content (AvgIpc) is 3.03. The number of rotatable bonds is 2. The summed E-state index contributed by atoms with van der Waals surface area (Å²) in [6, 6.07) is 3.80. The van der Waals surface area contributed by atoms with Crippen LogP contribution in [0, 0.1) is 6.92 Å². The van der Waals surface area contributed by atoms with Crippen LogP contribution in [-0.4, -0.2) is 38.0 Å². The Balaban J connectivity index is 1.79. The van der Waals surface area contributed by atoms with Crippen LogP contribution in [-0.2, 0) is 14.1 Å². The highest BCUT2D eigenvalue weighted by atomic mass is 16.2. The molecule has 21 heavy (non-hydrogen) atoms. The monoisotopic (exact) mass is 286 g/mol. The highest BCUT2D eigenvalue weighted by Gasteiger charge is 2.28. The van der Waals surface area contributed by atoms with Crippen LogP contribution in [0.25, 0.3) is 0 Å². The molecule has 0 saturated carbocycles. The lowest BCUT2D eigenvalue weighted by Gasteiger charge is -2.32. The largest absolute Gasteiger partial charge is 0.347 e. The van der Waals surface area contributed by atoms with Gasteiger partial charge >= 0.3 is 0 Å². The number of nitrogens with zero attached hydrogens (tertiary/aromatic N) is 4. The predicted molar refractivity (Wildman–Crippen MR) is 81.2 cm³/mol. The first-order valence-corrected chi connectivity index (χ1v) is 7.46. The molecule has 1 aliphatic heterocycles. The number of aromatic nitrogens is 3. The maximum atomic E-state index is 12.6. The standard InChI is InChI=1S/C16H22N4O/c1-12-10-19(3)15(17-12)13-6-4-9-20(11-13)16(21)14-7-5-8-18(14)2/h5,7-8,10,13H,4,6,9,11H2,1-3H3/t13-/m1/s1. The van der Waals surface area contributed by atoms with Gasteiger partial charge < -0.3 is 14.0 Å². The zero-order valence-electron chi connectivity index (χ0n) is 12.9. The van der Waals surface area contributed by atoms with Crippen LogP contribution in [0.2, 0.25) is 0 Å². The van der Waals surface area contributed by atoms with Crippen LogP contribution < -0.4 is 0 Å². The van der Waals surface area contributed by atoms with E-state index in [0.717, 1.165) is 43.1 Å². The number of piperidine rings is 1. The molecular weight excluding hydrogens is 264 g/mol. The molecule has 0 N–H and O–H groups in total. The van der Waals surface area contributed by atoms with Crippen molar-refractivity contribution in [3.63, 3.8) is 0 Å². The molecule has 5 heteroatoms. The van der Waals surface area contributed by atoms with E-state index in [1.165, 1.54) is 0 Å². The summed E-state index contributed by atoms with van der Waals surface area (Å²) in [6.07, 6.45) is 6.10. The van der Waals surface area contributed by atoms with E-state index in [-0.39, 0.29) is 5.91 Å². The number of amides is 1. The Kier molecular flexibility index (Phi) is 3.57. The van der Waals surface area contributed by atoms with Gasteiger partial charge in [0.2, 0.25) is 0 Å². The summed E-state index contributed by atoms with van der Waals surface area (Å²) in [5.41, 5.74) is 1.80. The predicted octanol–water partition coefficient (Wildman–Crippen LogP) is 2.09. The van der Waals surface area contributed by atoms with Crippen LogP contribution in [0.5, 0.6) is 0 Å². The molecule has 1 amide bonds. The number of carbonyl (C=O) groups is 1. The van der Waals surface area contributed by atoms with Gasteiger partial charge in [0.25, 0.3) is 5.91 Å². The van der Waals surface area contributed by atoms with Gasteiger partial charge in [0.05, 0.1) is 5.69 Å². The van der Waals surface area contributed by atoms with Gasteiger partial charge in [-0.3, -0.25) is 4.79 Å². The minimum absolute atomic E-state index is 0.123. The molecule has 0 aromatic carbocycles. The van der Waals surface area contributed by atoms with Crippen molar-refractivity contribution in [3.8, 4) is 0 Å². The lowest BCUT2D eigenvalue weighted by Crippen LogP contribution is -2.40. The summed E-state index contributed by atoms with van der Waals surface area (Å²) in [4.78, 5) is 19.2. The smallest absolute Gasteiger partial charge is 0.270 e. The zero-order valence-corrected chi connectivity index (χ0v) is 12.9. The Hall–Kier alpha value is -2.04. The third-order valence-corrected chi connectivity index (χ3v) is 4.27. The van der Waals surface area contributed by atoms with E-state index >= 15 is 0 Å². The number of hydrogen-bond donors (Lipinski definition) is 0. The second kappa shape index (κ2) is 5.39. The molecule has 0 bridgehead atoms. The summed E-state index contributed by atoms with van der Waals surface area (Å²) in [7, 11) is 3.95. The molecule has 2 aromatic heterocycles. The average molecular weight is 286 g/mol. The van der Waals surface area contributed by atoms with Crippen LogP contribution >= 0.6 is 0 Å². The van der Waals surface area contributed by atoms with Crippen LogP contribution in [0.15, 0.2) is 24.5 Å². The number of likely N-dealkylation sites (tertiary alicyclic amines) is 1. The highest BCUT2D eigenvalue weighted by molar-refractivity contribution is 5.92. The van der Waals surface area contributed by atoms with Gasteiger partial charge in [-0.1, -0.05) is 0 Å². The maximum absolute atomic E-state index is 12.6. The van der Waals surface area contributed by atoms with Gasteiger partial charge in [0.15, 0.2) is 0 Å². The van der Waals surface area contributed by atoms with Crippen molar-refractivity contribution in [2.75, 3.05) is 13.1 Å². The molecule has 0 spiro atoms. The normalized spacial score (nSPS) is 19.0. The molecule has 112 valence electrons. The first kappa shape index (κ1) is 13.9. The van der Waals surface area contributed by atoms with Gasteiger partial charge in [-0.2, -0.15) is 0 Å². The maximum Gasteiger partial charge on any atom is 0.270 e. The minimum Gasteiger partial charge on any atom is -0.347 e. The molecular formula is C16H22N4O. The second-order valence-corrected chi connectivity index (χ2v) is 5.95. The fourth-order valence-electron chi connectivity index (χ4n) is 3.23. The molecule has 5 nitrogen and oxygen atoms in total. The Morgan fingerprint density at radius 2 is 2.14 bits per heavy atom. The van der Waals surface area contributed by atoms with Crippen molar-refractivity contribution in [1.82, 2.24) is 19.0 Å². The molecule has 1 fully saturated rings. The molecule has 0 unspecified atom stereocenters. The molecule has 2 aromatic rings. The lowest BCUT2D eigenvalue weighted by atomic mass is 9.97. The number of aryl methyl sites for hydroxylation is 3. The summed E-state index contributed by atoms with van der Waals surface area (Å²) >= 11 is 0. The molecule has 3 rings (SSSR count). The second-order valence-electron chi connectivity index (χ2n) is 5.95. The van der Waals surface area contributed by atoms with Crippen molar-refractivity contribution in [3.05, 3.63) is 41.7 Å². The molecule has 0 aliphatic carbocycles. The van der Waals surface area contributed by atoms with E-state index in [1.54, 1.807) is 0 Å². The van der Waals surface area contributed by atoms with Crippen molar-refractivity contribution < 1.29 is 4.79 Å². The number of imidazole rings is 1. The first-order valence-electron chi connectivity index (χ1n) is 7.46. The SMILES string of the molecule is Cc1cn(C)c([C@@H]2CCCN(C(=O)c3cccn3C)C2)n1. The fourth-order valence-corrected chi connectivity index (χ4v) is 3.23. The molecule has 1 saturated heterocycles. The van der Waals surface area contributed by atoms with E-state index < -0.39 is 0 Å². The lowest BCUT2D eigenvalue weighted by molar-refractivity contribution is 0.0694. The Bertz CT molecular complexity index is 655. The third-order valence-electron chi connectivity index (χ3n) is 4.27. The fraction of sp³-hybridized carbons (Fsp3) is 0.500. The van der Waals surface area contributed by atoms with Crippen molar-refractivity contribution in [2.24, 2.45) is 14.1 Å². The van der Waals surface area contributed by atoms with Crippen molar-refractivity contribution in [2.45, 2.75) is 25.7 Å². The van der Waals surface area contributed by atoms with E-state index in [1.807, 2.05) is 55.0 Å². The number of hydrogen-bond acceptors (Lipinski definition) is 2. The van der Waals surface area contributed by atoms with Gasteiger partial charge in [-0.05, 0) is 31.9 Å². The van der Waals surface area contributed by atoms with Crippen LogP contribution in [0.4, 0.5) is 0 Å². The van der Waals surface area contributed by atoms with Gasteiger partial charge in [0.1, 0.15) is 11.5 Å². The van der Waals surface area contributed by atoms with E-state index in [9.17, 15) is 4.79 Å². The first-order chi connectivity index (χ1) is 10.1. The van der Waals surface area contributed by atoms with Crippen molar-refractivity contribution >= 4 is 5.91 Å². The topological polar surface area (TPSA) is 43.1 Å². The van der Waals surface area contributed by atoms with Crippen molar-refractivity contribution in [1.29, 1.82) is 0 Å². The van der Waals surface area contributed by atoms with Gasteiger partial charge in [-0.15, -0.1) is 0 Å². The van der Waals surface area contributed by atoms with Crippen LogP contribution in [0.1, 0.15) is 40.8 Å². The van der Waals surface area contributed by atoms with Crippen LogP contribution in [0.3, 0.4) is 0 Å². The quantitative estimate of drug-likeness (QED) is 0.848. The molecule has 1 atom stereocenters. The number of carbonyl (C=O) groups excluding carboxylic acids is 1. The molecule has 0 radical (unpaired) electrons. The molecule has 1 aliphatic rings. The highest BCUT2D eigenvalue weighted by Crippen LogP contribution is 2.27. The third kappa shape index (κ3) is 2.60. The summed E-state index contributed by atoms with van der Waals surface area (Å²) in [5.74, 6) is 1.55. The van der Waals surface area contributed by atoms with Gasteiger partial charge in [0, 0.05) is 45.5 Å². The summed E-state index contributed by atoms with van der Waals surface area (Å²) < 4.78 is 3.98. The summed E-state index contributed by atoms with van der Waals surface area (Å²) in [5, 5.41) is 0. The minimum atomic E-state index is 0.123. The van der Waals surface area contributed by atoms with E-state index in [4.69, 9.17) is 0 Å². The summed E-state index contributed by atoms with van der Waals surface area (Å²) in [6.45, 7) is 3.61. The Morgan fingerprint density at radius 3 is 2.76 bits per heavy atom. The van der Waals surface area contributed by atoms with E-state index in [2.05, 4.69) is 9.55 Å². The van der Waals surface area contributed by atoms with E-state index in [0.29, 0.717) is 5.92 Å². The Morgan fingerprint density at radius 1 is 1.33 bits per heavy atom. The zero-order chi connectivity index (χ0) is 15.0.